The van der Waals surface area contributed by atoms with Crippen molar-refractivity contribution in [3.05, 3.63) is 0 Å². The van der Waals surface area contributed by atoms with Crippen LogP contribution in [0, 0.1) is 5.41 Å². The second-order valence-corrected chi connectivity index (χ2v) is 4.63. The Morgan fingerprint density at radius 1 is 1.26 bits per heavy atom. The Morgan fingerprint density at radius 2 is 1.84 bits per heavy atom. The number of carboxylic acid groups (broad SMARTS) is 1. The van der Waals surface area contributed by atoms with Gasteiger partial charge in [0.2, 0.25) is 0 Å². The summed E-state index contributed by atoms with van der Waals surface area (Å²) in [4.78, 5) is 33.0. The number of methoxy groups -OCH3 is 1. The highest BCUT2D eigenvalue weighted by molar-refractivity contribution is 5.78. The molecule has 8 nitrogen and oxygen atoms in total. The van der Waals surface area contributed by atoms with E-state index in [-0.39, 0.29) is 19.5 Å². The number of rotatable bonds is 7. The second-order valence-electron chi connectivity index (χ2n) is 4.63. The third kappa shape index (κ3) is 6.61. The van der Waals surface area contributed by atoms with E-state index < -0.39 is 29.5 Å². The van der Waals surface area contributed by atoms with Gasteiger partial charge in [-0.05, 0) is 13.8 Å². The maximum Gasteiger partial charge on any atom is 0.332 e. The molecular formula is C11H20N2O6. The van der Waals surface area contributed by atoms with Crippen LogP contribution in [0.15, 0.2) is 0 Å². The number of hydrogen-bond acceptors (Lipinski definition) is 5. The Labute approximate surface area is 111 Å². The molecular weight excluding hydrogens is 256 g/mol. The van der Waals surface area contributed by atoms with E-state index >= 15 is 0 Å². The first-order valence-electron chi connectivity index (χ1n) is 5.71. The molecule has 0 aromatic rings. The van der Waals surface area contributed by atoms with Gasteiger partial charge in [0, 0.05) is 19.5 Å². The molecule has 110 valence electrons. The molecule has 0 bridgehead atoms. The number of aliphatic carboxylic acids is 1. The summed E-state index contributed by atoms with van der Waals surface area (Å²) >= 11 is 0. The summed E-state index contributed by atoms with van der Waals surface area (Å²) in [7, 11) is 1.26. The fraction of sp³-hybridized carbons (Fsp3) is 0.727. The number of aliphatic hydroxyl groups is 1. The van der Waals surface area contributed by atoms with E-state index in [1.165, 1.54) is 7.11 Å². The lowest BCUT2D eigenvalue weighted by Crippen LogP contribution is -2.44. The average molecular weight is 276 g/mol. The second kappa shape index (κ2) is 7.57. The molecule has 0 fully saturated rings. The van der Waals surface area contributed by atoms with Crippen LogP contribution in [0.1, 0.15) is 20.3 Å². The Balaban J connectivity index is 3.94. The van der Waals surface area contributed by atoms with Gasteiger partial charge in [0.15, 0.2) is 6.10 Å². The van der Waals surface area contributed by atoms with Crippen molar-refractivity contribution in [2.45, 2.75) is 26.4 Å². The summed E-state index contributed by atoms with van der Waals surface area (Å²) in [6, 6.07) is -0.547. The smallest absolute Gasteiger partial charge is 0.332 e. The molecule has 0 aromatic heterocycles. The molecule has 0 aliphatic carbocycles. The van der Waals surface area contributed by atoms with Crippen molar-refractivity contribution in [1.29, 1.82) is 0 Å². The van der Waals surface area contributed by atoms with Crippen molar-refractivity contribution >= 4 is 18.0 Å². The van der Waals surface area contributed by atoms with Crippen molar-refractivity contribution in [3.63, 3.8) is 0 Å². The summed E-state index contributed by atoms with van der Waals surface area (Å²) in [5, 5.41) is 22.2. The molecule has 0 unspecified atom stereocenters. The largest absolute Gasteiger partial charge is 0.479 e. The number of carbonyl (C=O) groups excluding carboxylic acids is 2. The zero-order valence-corrected chi connectivity index (χ0v) is 11.2. The highest BCUT2D eigenvalue weighted by Gasteiger charge is 2.29. The summed E-state index contributed by atoms with van der Waals surface area (Å²) in [5.74, 6) is -1.79. The lowest BCUT2D eigenvalue weighted by atomic mass is 9.94. The molecule has 0 aliphatic heterocycles. The molecule has 8 heteroatoms. The van der Waals surface area contributed by atoms with E-state index in [4.69, 9.17) is 10.2 Å². The van der Waals surface area contributed by atoms with Gasteiger partial charge < -0.3 is 25.6 Å². The number of hydrogen-bond donors (Lipinski definition) is 4. The predicted molar refractivity (Wildman–Crippen MR) is 65.5 cm³/mol. The van der Waals surface area contributed by atoms with Crippen LogP contribution in [-0.4, -0.2) is 54.5 Å². The third-order valence-electron chi connectivity index (χ3n) is 2.42. The normalized spacial score (nSPS) is 12.4. The van der Waals surface area contributed by atoms with E-state index in [1.54, 1.807) is 13.8 Å². The van der Waals surface area contributed by atoms with E-state index in [0.717, 1.165) is 0 Å². The SMILES string of the molecule is COC(=O)C(C)(C)CNC(=O)NCC[C@H](O)C(=O)O. The molecule has 0 aliphatic rings. The maximum absolute atomic E-state index is 11.3. The van der Waals surface area contributed by atoms with Crippen molar-refractivity contribution in [3.8, 4) is 0 Å². The standard InChI is InChI=1S/C11H20N2O6/c1-11(2,9(17)19-3)6-13-10(18)12-5-4-7(14)8(15)16/h7,14H,4-6H2,1-3H3,(H,15,16)(H2,12,13,18)/t7-/m0/s1. The van der Waals surface area contributed by atoms with Crippen LogP contribution in [-0.2, 0) is 14.3 Å². The summed E-state index contributed by atoms with van der Waals surface area (Å²) in [5.41, 5.74) is -0.854. The molecule has 0 saturated heterocycles. The van der Waals surface area contributed by atoms with Gasteiger partial charge in [0.25, 0.3) is 0 Å². The van der Waals surface area contributed by atoms with E-state index in [9.17, 15) is 14.4 Å². The minimum atomic E-state index is -1.51. The molecule has 1 atom stereocenters. The predicted octanol–water partition coefficient (Wildman–Crippen LogP) is -0.680. The van der Waals surface area contributed by atoms with Gasteiger partial charge in [0.05, 0.1) is 12.5 Å². The highest BCUT2D eigenvalue weighted by Crippen LogP contribution is 2.14. The number of nitrogens with one attached hydrogen (secondary N) is 2. The topological polar surface area (TPSA) is 125 Å². The molecule has 4 N–H and O–H groups in total. The molecule has 0 radical (unpaired) electrons. The molecule has 0 spiro atoms. The van der Waals surface area contributed by atoms with Crippen LogP contribution in [0.3, 0.4) is 0 Å². The number of urea groups is 1. The monoisotopic (exact) mass is 276 g/mol. The molecule has 2 amide bonds. The van der Waals surface area contributed by atoms with Crippen molar-refractivity contribution in [2.75, 3.05) is 20.2 Å². The van der Waals surface area contributed by atoms with Crippen LogP contribution in [0.2, 0.25) is 0 Å². The summed E-state index contributed by atoms with van der Waals surface area (Å²) < 4.78 is 4.58. The zero-order valence-electron chi connectivity index (χ0n) is 11.2. The molecule has 0 rings (SSSR count). The van der Waals surface area contributed by atoms with Gasteiger partial charge >= 0.3 is 18.0 Å². The van der Waals surface area contributed by atoms with E-state index in [1.807, 2.05) is 0 Å². The van der Waals surface area contributed by atoms with Crippen molar-refractivity contribution in [2.24, 2.45) is 5.41 Å². The van der Waals surface area contributed by atoms with Gasteiger partial charge in [-0.15, -0.1) is 0 Å². The minimum Gasteiger partial charge on any atom is -0.479 e. The minimum absolute atomic E-state index is 0.0119. The first kappa shape index (κ1) is 17.2. The van der Waals surface area contributed by atoms with Gasteiger partial charge in [-0.1, -0.05) is 0 Å². The summed E-state index contributed by atoms with van der Waals surface area (Å²) in [6.07, 6.45) is -1.60. The number of esters is 1. The number of ether oxygens (including phenoxy) is 1. The molecule has 0 heterocycles. The Bertz CT molecular complexity index is 342. The maximum atomic E-state index is 11.3. The van der Waals surface area contributed by atoms with Gasteiger partial charge in [0.1, 0.15) is 0 Å². The highest BCUT2D eigenvalue weighted by atomic mass is 16.5. The van der Waals surface area contributed by atoms with Crippen molar-refractivity contribution in [1.82, 2.24) is 10.6 Å². The van der Waals surface area contributed by atoms with E-state index in [0.29, 0.717) is 0 Å². The van der Waals surface area contributed by atoms with Gasteiger partial charge in [-0.3, -0.25) is 4.79 Å². The fourth-order valence-corrected chi connectivity index (χ4v) is 1.16. The Morgan fingerprint density at radius 3 is 2.32 bits per heavy atom. The average Bonchev–Trinajstić information content (AvgIpc) is 2.35. The lowest BCUT2D eigenvalue weighted by Gasteiger charge is -2.21. The molecule has 0 aromatic carbocycles. The van der Waals surface area contributed by atoms with Crippen LogP contribution in [0.25, 0.3) is 0 Å². The summed E-state index contributed by atoms with van der Waals surface area (Å²) in [6.45, 7) is 3.32. The lowest BCUT2D eigenvalue weighted by molar-refractivity contribution is -0.150. The quantitative estimate of drug-likeness (QED) is 0.457. The van der Waals surface area contributed by atoms with Crippen LogP contribution in [0.4, 0.5) is 4.79 Å². The number of carboxylic acids is 1. The number of amides is 2. The Hall–Kier alpha value is -1.83. The van der Waals surface area contributed by atoms with Gasteiger partial charge in [-0.25, -0.2) is 9.59 Å². The van der Waals surface area contributed by atoms with Gasteiger partial charge in [-0.2, -0.15) is 0 Å². The zero-order chi connectivity index (χ0) is 15.1. The van der Waals surface area contributed by atoms with E-state index in [2.05, 4.69) is 15.4 Å². The van der Waals surface area contributed by atoms with Crippen LogP contribution < -0.4 is 10.6 Å². The molecule has 0 saturated carbocycles. The molecule has 19 heavy (non-hydrogen) atoms. The third-order valence-corrected chi connectivity index (χ3v) is 2.42. The Kier molecular flexibility index (Phi) is 6.84. The number of carbonyl (C=O) groups is 3. The van der Waals surface area contributed by atoms with Crippen molar-refractivity contribution < 1.29 is 29.3 Å². The first-order valence-corrected chi connectivity index (χ1v) is 5.71. The first-order chi connectivity index (χ1) is 8.70. The number of aliphatic hydroxyl groups excluding tert-OH is 1. The van der Waals surface area contributed by atoms with Crippen LogP contribution >= 0.6 is 0 Å². The van der Waals surface area contributed by atoms with Crippen LogP contribution in [0.5, 0.6) is 0 Å². The fourth-order valence-electron chi connectivity index (χ4n) is 1.16.